The number of para-hydroxylation sites is 1. The molecule has 1 aliphatic rings. The first-order chi connectivity index (χ1) is 13.1. The summed E-state index contributed by atoms with van der Waals surface area (Å²) in [5, 5.41) is 3.17. The Labute approximate surface area is 159 Å². The molecule has 0 radical (unpaired) electrons. The van der Waals surface area contributed by atoms with Crippen LogP contribution in [-0.4, -0.2) is 41.5 Å². The van der Waals surface area contributed by atoms with E-state index in [4.69, 9.17) is 4.74 Å². The number of pyridine rings is 1. The van der Waals surface area contributed by atoms with Crippen molar-refractivity contribution < 1.29 is 14.3 Å². The Morgan fingerprint density at radius 1 is 1.22 bits per heavy atom. The van der Waals surface area contributed by atoms with Crippen LogP contribution in [0.1, 0.15) is 53.5 Å². The molecule has 142 valence electrons. The van der Waals surface area contributed by atoms with E-state index in [0.717, 1.165) is 25.8 Å². The van der Waals surface area contributed by atoms with E-state index in [2.05, 4.69) is 17.2 Å². The first kappa shape index (κ1) is 18.9. The lowest BCUT2D eigenvalue weighted by atomic mass is 9.99. The summed E-state index contributed by atoms with van der Waals surface area (Å²) in [6, 6.07) is 10.9. The van der Waals surface area contributed by atoms with Gasteiger partial charge in [0.25, 0.3) is 5.91 Å². The van der Waals surface area contributed by atoms with Gasteiger partial charge >= 0.3 is 5.97 Å². The molecule has 2 aromatic rings. The number of amides is 1. The zero-order chi connectivity index (χ0) is 19.2. The number of hydrogen-bond donors (Lipinski definition) is 1. The molecule has 1 aliphatic heterocycles. The van der Waals surface area contributed by atoms with E-state index in [1.54, 1.807) is 36.5 Å². The molecule has 1 aromatic carbocycles. The lowest BCUT2D eigenvalue weighted by Crippen LogP contribution is -2.43. The Balaban J connectivity index is 1.74. The van der Waals surface area contributed by atoms with Crippen molar-refractivity contribution in [2.75, 3.05) is 19.0 Å². The summed E-state index contributed by atoms with van der Waals surface area (Å²) in [6.07, 6.45) is 5.87. The van der Waals surface area contributed by atoms with Crippen molar-refractivity contribution in [2.24, 2.45) is 0 Å². The maximum absolute atomic E-state index is 12.8. The molecule has 1 saturated heterocycles. The number of aromatic nitrogens is 1. The van der Waals surface area contributed by atoms with Gasteiger partial charge in [0.15, 0.2) is 0 Å². The smallest absolute Gasteiger partial charge is 0.339 e. The molecule has 0 spiro atoms. The number of carbonyl (C=O) groups excluding carboxylic acids is 2. The van der Waals surface area contributed by atoms with Crippen molar-refractivity contribution in [1.29, 1.82) is 0 Å². The number of benzene rings is 1. The molecular weight excluding hydrogens is 342 g/mol. The van der Waals surface area contributed by atoms with Gasteiger partial charge in [-0.05, 0) is 49.9 Å². The third-order valence-electron chi connectivity index (χ3n) is 4.95. The zero-order valence-corrected chi connectivity index (χ0v) is 15.8. The number of anilines is 2. The quantitative estimate of drug-likeness (QED) is 0.808. The predicted molar refractivity (Wildman–Crippen MR) is 104 cm³/mol. The lowest BCUT2D eigenvalue weighted by Gasteiger charge is -2.35. The van der Waals surface area contributed by atoms with Crippen molar-refractivity contribution in [3.63, 3.8) is 0 Å². The van der Waals surface area contributed by atoms with E-state index < -0.39 is 5.97 Å². The first-order valence-corrected chi connectivity index (χ1v) is 9.35. The first-order valence-electron chi connectivity index (χ1n) is 9.35. The molecule has 1 aromatic heterocycles. The van der Waals surface area contributed by atoms with Gasteiger partial charge in [0.1, 0.15) is 5.69 Å². The number of esters is 1. The molecule has 0 aliphatic carbocycles. The van der Waals surface area contributed by atoms with Crippen molar-refractivity contribution in [3.8, 4) is 0 Å². The number of carbonyl (C=O) groups is 2. The van der Waals surface area contributed by atoms with Crippen molar-refractivity contribution in [3.05, 3.63) is 53.9 Å². The van der Waals surface area contributed by atoms with E-state index in [9.17, 15) is 9.59 Å². The fourth-order valence-electron chi connectivity index (χ4n) is 3.47. The second kappa shape index (κ2) is 8.66. The monoisotopic (exact) mass is 367 g/mol. The summed E-state index contributed by atoms with van der Waals surface area (Å²) in [7, 11) is 1.35. The average Bonchev–Trinajstić information content (AvgIpc) is 2.73. The third kappa shape index (κ3) is 4.27. The molecule has 2 heterocycles. The van der Waals surface area contributed by atoms with Gasteiger partial charge in [0.2, 0.25) is 0 Å². The summed E-state index contributed by atoms with van der Waals surface area (Å²) in [4.78, 5) is 31.0. The van der Waals surface area contributed by atoms with Crippen LogP contribution >= 0.6 is 0 Å². The van der Waals surface area contributed by atoms with Crippen LogP contribution in [0.5, 0.6) is 0 Å². The Morgan fingerprint density at radius 2 is 2.04 bits per heavy atom. The Morgan fingerprint density at radius 3 is 2.74 bits per heavy atom. The maximum Gasteiger partial charge on any atom is 0.339 e. The average molecular weight is 367 g/mol. The van der Waals surface area contributed by atoms with Gasteiger partial charge < -0.3 is 15.0 Å². The Hall–Kier alpha value is -2.89. The van der Waals surface area contributed by atoms with Gasteiger partial charge in [-0.25, -0.2) is 9.78 Å². The fraction of sp³-hybridized carbons (Fsp3) is 0.381. The molecule has 0 saturated carbocycles. The highest BCUT2D eigenvalue weighted by Gasteiger charge is 2.26. The minimum absolute atomic E-state index is 0.0111. The summed E-state index contributed by atoms with van der Waals surface area (Å²) in [5.74, 6) is -0.420. The highest BCUT2D eigenvalue weighted by atomic mass is 16.5. The molecule has 1 N–H and O–H groups in total. The normalized spacial score (nSPS) is 16.7. The van der Waals surface area contributed by atoms with Crippen LogP contribution in [0, 0.1) is 0 Å². The fourth-order valence-corrected chi connectivity index (χ4v) is 3.47. The number of rotatable bonds is 5. The van der Waals surface area contributed by atoms with Crippen LogP contribution in [0.4, 0.5) is 11.4 Å². The largest absolute Gasteiger partial charge is 0.465 e. The summed E-state index contributed by atoms with van der Waals surface area (Å²) in [6.45, 7) is 2.92. The van der Waals surface area contributed by atoms with Crippen LogP contribution in [0.2, 0.25) is 0 Å². The molecule has 1 amide bonds. The molecular formula is C21H25N3O3. The van der Waals surface area contributed by atoms with Gasteiger partial charge in [-0.3, -0.25) is 4.79 Å². The van der Waals surface area contributed by atoms with Crippen LogP contribution < -0.4 is 5.32 Å². The van der Waals surface area contributed by atoms with Crippen LogP contribution in [0.3, 0.4) is 0 Å². The van der Waals surface area contributed by atoms with Crippen molar-refractivity contribution in [2.45, 2.75) is 38.6 Å². The number of hydrogen-bond acceptors (Lipinski definition) is 5. The third-order valence-corrected chi connectivity index (χ3v) is 4.95. The van der Waals surface area contributed by atoms with Gasteiger partial charge in [0, 0.05) is 12.6 Å². The minimum atomic E-state index is -0.409. The second-order valence-electron chi connectivity index (χ2n) is 6.65. The summed E-state index contributed by atoms with van der Waals surface area (Å²) < 4.78 is 4.81. The van der Waals surface area contributed by atoms with Gasteiger partial charge in [-0.2, -0.15) is 0 Å². The number of methoxy groups -OCH3 is 1. The second-order valence-corrected chi connectivity index (χ2v) is 6.65. The predicted octanol–water partition coefficient (Wildman–Crippen LogP) is 4.02. The highest BCUT2D eigenvalue weighted by molar-refractivity contribution is 5.96. The Kier molecular flexibility index (Phi) is 6.06. The van der Waals surface area contributed by atoms with Crippen LogP contribution in [-0.2, 0) is 4.74 Å². The molecule has 3 rings (SSSR count). The SMILES string of the molecule is CCC1CCCCN1C(=O)c1ccc(Nc2ccccc2C(=O)OC)cn1. The molecule has 27 heavy (non-hydrogen) atoms. The van der Waals surface area contributed by atoms with E-state index in [0.29, 0.717) is 28.7 Å². The molecule has 1 atom stereocenters. The Bertz CT molecular complexity index is 805. The number of likely N-dealkylation sites (tertiary alicyclic amines) is 1. The maximum atomic E-state index is 12.8. The molecule has 6 heteroatoms. The number of nitrogens with one attached hydrogen (secondary N) is 1. The topological polar surface area (TPSA) is 71.5 Å². The van der Waals surface area contributed by atoms with E-state index in [1.807, 2.05) is 11.0 Å². The molecule has 1 fully saturated rings. The summed E-state index contributed by atoms with van der Waals surface area (Å²) in [5.41, 5.74) is 2.22. The summed E-state index contributed by atoms with van der Waals surface area (Å²) >= 11 is 0. The number of nitrogens with zero attached hydrogens (tertiary/aromatic N) is 2. The zero-order valence-electron chi connectivity index (χ0n) is 15.8. The molecule has 6 nitrogen and oxygen atoms in total. The van der Waals surface area contributed by atoms with Crippen LogP contribution in [0.25, 0.3) is 0 Å². The standard InChI is InChI=1S/C21H25N3O3/c1-3-16-8-6-7-13-24(16)20(25)19-12-11-15(14-22-19)23-18-10-5-4-9-17(18)21(26)27-2/h4-5,9-12,14,16,23H,3,6-8,13H2,1-2H3. The van der Waals surface area contributed by atoms with Crippen molar-refractivity contribution in [1.82, 2.24) is 9.88 Å². The van der Waals surface area contributed by atoms with E-state index in [1.165, 1.54) is 13.5 Å². The molecule has 1 unspecified atom stereocenters. The number of ether oxygens (including phenoxy) is 1. The number of piperidine rings is 1. The lowest BCUT2D eigenvalue weighted by molar-refractivity contribution is 0.0594. The van der Waals surface area contributed by atoms with Gasteiger partial charge in [0.05, 0.1) is 30.2 Å². The van der Waals surface area contributed by atoms with E-state index >= 15 is 0 Å². The highest BCUT2D eigenvalue weighted by Crippen LogP contribution is 2.23. The van der Waals surface area contributed by atoms with Crippen molar-refractivity contribution >= 4 is 23.3 Å². The minimum Gasteiger partial charge on any atom is -0.465 e. The van der Waals surface area contributed by atoms with Gasteiger partial charge in [-0.1, -0.05) is 19.1 Å². The van der Waals surface area contributed by atoms with Gasteiger partial charge in [-0.15, -0.1) is 0 Å². The van der Waals surface area contributed by atoms with E-state index in [-0.39, 0.29) is 5.91 Å². The van der Waals surface area contributed by atoms with Crippen LogP contribution in [0.15, 0.2) is 42.6 Å². The molecule has 0 bridgehead atoms.